The van der Waals surface area contributed by atoms with Crippen LogP contribution in [0, 0.1) is 0 Å². The van der Waals surface area contributed by atoms with Crippen molar-refractivity contribution in [1.29, 1.82) is 0 Å². The lowest BCUT2D eigenvalue weighted by molar-refractivity contribution is -0.129. The Hall–Kier alpha value is -1.36. The lowest BCUT2D eigenvalue weighted by atomic mass is 9.88. The van der Waals surface area contributed by atoms with E-state index in [4.69, 9.17) is 4.74 Å². The van der Waals surface area contributed by atoms with Crippen molar-refractivity contribution < 1.29 is 14.3 Å². The van der Waals surface area contributed by atoms with Gasteiger partial charge in [0.25, 0.3) is 5.91 Å². The number of amides is 2. The Balaban J connectivity index is 1.67. The van der Waals surface area contributed by atoms with Gasteiger partial charge in [0, 0.05) is 25.3 Å². The maximum absolute atomic E-state index is 12.8. The van der Waals surface area contributed by atoms with E-state index in [2.05, 4.69) is 5.32 Å². The molecule has 0 aromatic carbocycles. The van der Waals surface area contributed by atoms with Crippen molar-refractivity contribution in [2.24, 2.45) is 0 Å². The molecule has 0 saturated heterocycles. The minimum absolute atomic E-state index is 0.0191. The molecule has 1 atom stereocenters. The number of methoxy groups -OCH3 is 1. The number of ether oxygens (including phenoxy) is 1. The number of carbonyl (C=O) groups excluding carboxylic acids is 2. The average Bonchev–Trinajstić information content (AvgIpc) is 3.14. The number of carbonyl (C=O) groups is 2. The first kappa shape index (κ1) is 16.5. The Kier molecular flexibility index (Phi) is 5.36. The molecule has 2 amide bonds. The van der Waals surface area contributed by atoms with Gasteiger partial charge in [-0.15, -0.1) is 0 Å². The van der Waals surface area contributed by atoms with E-state index in [0.29, 0.717) is 19.2 Å². The van der Waals surface area contributed by atoms with Gasteiger partial charge >= 0.3 is 0 Å². The summed E-state index contributed by atoms with van der Waals surface area (Å²) in [6, 6.07) is 0.525. The van der Waals surface area contributed by atoms with Crippen molar-refractivity contribution in [2.45, 2.75) is 69.9 Å². The standard InChI is InChI=1S/C18H28N2O3/c1-23-11-10-20-16-9-5-4-8-14(16)15(18(20)22)12-17(21)19-13-6-2-3-7-13/h13,16H,2-12H2,1H3,(H,19,21). The normalized spacial score (nSPS) is 25.2. The van der Waals surface area contributed by atoms with Crippen LogP contribution >= 0.6 is 0 Å². The van der Waals surface area contributed by atoms with E-state index < -0.39 is 0 Å². The fourth-order valence-electron chi connectivity index (χ4n) is 4.29. The van der Waals surface area contributed by atoms with Gasteiger partial charge in [-0.25, -0.2) is 0 Å². The molecule has 0 radical (unpaired) electrons. The quantitative estimate of drug-likeness (QED) is 0.816. The first-order valence-corrected chi connectivity index (χ1v) is 9.02. The summed E-state index contributed by atoms with van der Waals surface area (Å²) in [6.07, 6.45) is 9.09. The number of nitrogens with zero attached hydrogens (tertiary/aromatic N) is 1. The van der Waals surface area contributed by atoms with E-state index in [1.54, 1.807) is 7.11 Å². The van der Waals surface area contributed by atoms with Gasteiger partial charge in [-0.1, -0.05) is 19.3 Å². The Morgan fingerprint density at radius 2 is 1.96 bits per heavy atom. The first-order chi connectivity index (χ1) is 11.2. The molecule has 0 bridgehead atoms. The summed E-state index contributed by atoms with van der Waals surface area (Å²) in [4.78, 5) is 27.1. The van der Waals surface area contributed by atoms with E-state index in [-0.39, 0.29) is 24.3 Å². The average molecular weight is 320 g/mol. The molecule has 5 heteroatoms. The molecule has 2 fully saturated rings. The SMILES string of the molecule is COCCN1C(=O)C(CC(=O)NC2CCCC2)=C2CCCCC21. The Morgan fingerprint density at radius 1 is 1.22 bits per heavy atom. The highest BCUT2D eigenvalue weighted by molar-refractivity contribution is 6.02. The summed E-state index contributed by atoms with van der Waals surface area (Å²) in [5, 5.41) is 3.11. The van der Waals surface area contributed by atoms with Gasteiger partial charge < -0.3 is 15.0 Å². The summed E-state index contributed by atoms with van der Waals surface area (Å²) < 4.78 is 5.15. The van der Waals surface area contributed by atoms with Crippen LogP contribution in [0.5, 0.6) is 0 Å². The number of hydrogen-bond acceptors (Lipinski definition) is 3. The van der Waals surface area contributed by atoms with Crippen LogP contribution in [-0.4, -0.2) is 49.1 Å². The summed E-state index contributed by atoms with van der Waals surface area (Å²) in [5.41, 5.74) is 1.99. The maximum atomic E-state index is 12.8. The molecule has 0 aromatic heterocycles. The van der Waals surface area contributed by atoms with Gasteiger partial charge in [-0.3, -0.25) is 9.59 Å². The molecule has 1 N–H and O–H groups in total. The molecule has 1 heterocycles. The maximum Gasteiger partial charge on any atom is 0.250 e. The van der Waals surface area contributed by atoms with Crippen LogP contribution in [0.15, 0.2) is 11.1 Å². The van der Waals surface area contributed by atoms with Gasteiger partial charge in [0.2, 0.25) is 5.91 Å². The number of fused-ring (bicyclic) bond motifs is 1. The van der Waals surface area contributed by atoms with Crippen LogP contribution in [-0.2, 0) is 14.3 Å². The van der Waals surface area contributed by atoms with Crippen molar-refractivity contribution in [3.8, 4) is 0 Å². The van der Waals surface area contributed by atoms with Crippen molar-refractivity contribution in [2.75, 3.05) is 20.3 Å². The fraction of sp³-hybridized carbons (Fsp3) is 0.778. The van der Waals surface area contributed by atoms with Crippen LogP contribution in [0.2, 0.25) is 0 Å². The van der Waals surface area contributed by atoms with Crippen molar-refractivity contribution in [1.82, 2.24) is 10.2 Å². The molecule has 1 unspecified atom stereocenters. The smallest absolute Gasteiger partial charge is 0.250 e. The molecule has 0 aromatic rings. The molecule has 23 heavy (non-hydrogen) atoms. The largest absolute Gasteiger partial charge is 0.383 e. The lowest BCUT2D eigenvalue weighted by Crippen LogP contribution is -2.39. The molecule has 3 rings (SSSR count). The molecule has 5 nitrogen and oxygen atoms in total. The minimum Gasteiger partial charge on any atom is -0.383 e. The molecular formula is C18H28N2O3. The summed E-state index contributed by atoms with van der Waals surface area (Å²) >= 11 is 0. The number of hydrogen-bond donors (Lipinski definition) is 1. The van der Waals surface area contributed by atoms with Crippen molar-refractivity contribution >= 4 is 11.8 Å². The topological polar surface area (TPSA) is 58.6 Å². The Morgan fingerprint density at radius 3 is 2.70 bits per heavy atom. The zero-order chi connectivity index (χ0) is 16.2. The predicted octanol–water partition coefficient (Wildman–Crippen LogP) is 2.16. The van der Waals surface area contributed by atoms with E-state index in [1.165, 1.54) is 18.4 Å². The third kappa shape index (κ3) is 3.60. The van der Waals surface area contributed by atoms with Gasteiger partial charge in [0.15, 0.2) is 0 Å². The lowest BCUT2D eigenvalue weighted by Gasteiger charge is -2.29. The highest BCUT2D eigenvalue weighted by Crippen LogP contribution is 2.37. The molecule has 128 valence electrons. The second-order valence-electron chi connectivity index (χ2n) is 6.98. The van der Waals surface area contributed by atoms with Gasteiger partial charge in [-0.2, -0.15) is 0 Å². The van der Waals surface area contributed by atoms with E-state index in [0.717, 1.165) is 44.1 Å². The van der Waals surface area contributed by atoms with Gasteiger partial charge in [0.05, 0.1) is 19.1 Å². The summed E-state index contributed by atoms with van der Waals surface area (Å²) in [6.45, 7) is 1.17. The van der Waals surface area contributed by atoms with Crippen LogP contribution in [0.4, 0.5) is 0 Å². The zero-order valence-electron chi connectivity index (χ0n) is 14.1. The van der Waals surface area contributed by atoms with E-state index in [9.17, 15) is 9.59 Å². The molecule has 3 aliphatic rings. The second-order valence-corrected chi connectivity index (χ2v) is 6.98. The summed E-state index contributed by atoms with van der Waals surface area (Å²) in [5.74, 6) is 0.0798. The van der Waals surface area contributed by atoms with E-state index >= 15 is 0 Å². The van der Waals surface area contributed by atoms with Crippen LogP contribution in [0.25, 0.3) is 0 Å². The Bertz CT molecular complexity index is 494. The van der Waals surface area contributed by atoms with Crippen molar-refractivity contribution in [3.05, 3.63) is 11.1 Å². The molecular weight excluding hydrogens is 292 g/mol. The van der Waals surface area contributed by atoms with Crippen LogP contribution in [0.3, 0.4) is 0 Å². The third-order valence-electron chi connectivity index (χ3n) is 5.45. The Labute approximate surface area is 138 Å². The van der Waals surface area contributed by atoms with Crippen molar-refractivity contribution in [3.63, 3.8) is 0 Å². The van der Waals surface area contributed by atoms with Crippen LogP contribution < -0.4 is 5.32 Å². The molecule has 1 aliphatic heterocycles. The monoisotopic (exact) mass is 320 g/mol. The van der Waals surface area contributed by atoms with Gasteiger partial charge in [-0.05, 0) is 37.7 Å². The highest BCUT2D eigenvalue weighted by atomic mass is 16.5. The summed E-state index contributed by atoms with van der Waals surface area (Å²) in [7, 11) is 1.66. The molecule has 2 aliphatic carbocycles. The predicted molar refractivity (Wildman–Crippen MR) is 87.9 cm³/mol. The zero-order valence-corrected chi connectivity index (χ0v) is 14.1. The van der Waals surface area contributed by atoms with Crippen LogP contribution in [0.1, 0.15) is 57.8 Å². The van der Waals surface area contributed by atoms with Gasteiger partial charge in [0.1, 0.15) is 0 Å². The highest BCUT2D eigenvalue weighted by Gasteiger charge is 2.40. The number of rotatable bonds is 6. The minimum atomic E-state index is 0.0191. The molecule has 2 saturated carbocycles. The second kappa shape index (κ2) is 7.47. The van der Waals surface area contributed by atoms with E-state index in [1.807, 2.05) is 4.90 Å². The first-order valence-electron chi connectivity index (χ1n) is 9.02. The third-order valence-corrected chi connectivity index (χ3v) is 5.45. The number of nitrogens with one attached hydrogen (secondary N) is 1. The molecule has 0 spiro atoms. The fourth-order valence-corrected chi connectivity index (χ4v) is 4.29.